The van der Waals surface area contributed by atoms with Crippen molar-refractivity contribution in [2.75, 3.05) is 6.61 Å². The van der Waals surface area contributed by atoms with Crippen LogP contribution in [-0.2, 0) is 12.1 Å². The third kappa shape index (κ3) is 3.55. The van der Waals surface area contributed by atoms with E-state index in [1.807, 2.05) is 12.1 Å². The molecule has 0 saturated heterocycles. The highest BCUT2D eigenvalue weighted by Gasteiger charge is 2.50. The Balaban J connectivity index is 0.00000182. The van der Waals surface area contributed by atoms with Crippen LogP contribution in [0.4, 0.5) is 0 Å². The van der Waals surface area contributed by atoms with Crippen molar-refractivity contribution in [3.63, 3.8) is 0 Å². The summed E-state index contributed by atoms with van der Waals surface area (Å²) in [4.78, 5) is 4.51. The van der Waals surface area contributed by atoms with Crippen LogP contribution in [0.2, 0.25) is 15.1 Å². The highest BCUT2D eigenvalue weighted by molar-refractivity contribution is 8.93. The number of fused-ring (bicyclic) bond motifs is 3. The van der Waals surface area contributed by atoms with E-state index in [1.165, 1.54) is 11.8 Å². The van der Waals surface area contributed by atoms with Gasteiger partial charge in [-0.25, -0.2) is 4.99 Å². The molecule has 0 bridgehead atoms. The highest BCUT2D eigenvalue weighted by atomic mass is 79.9. The largest absolute Gasteiger partial charge is 0.485 e. The maximum Gasteiger partial charge on any atom is 0.196 e. The van der Waals surface area contributed by atoms with Crippen molar-refractivity contribution in [3.8, 4) is 5.75 Å². The lowest BCUT2D eigenvalue weighted by atomic mass is 10.1. The minimum atomic E-state index is -1.20. The smallest absolute Gasteiger partial charge is 0.196 e. The van der Waals surface area contributed by atoms with Crippen LogP contribution in [0.5, 0.6) is 5.75 Å². The van der Waals surface area contributed by atoms with Crippen LogP contribution in [-0.4, -0.2) is 22.0 Å². The van der Waals surface area contributed by atoms with Crippen molar-refractivity contribution >= 4 is 68.6 Å². The zero-order chi connectivity index (χ0) is 16.9. The monoisotopic (exact) mass is 479 g/mol. The van der Waals surface area contributed by atoms with Gasteiger partial charge in [-0.2, -0.15) is 0 Å². The SMILES string of the molecule is Br.OC12N=C(COc3ccc(Cl)cc3Cl)SC1Cc1cc(Cl)ccc12. The van der Waals surface area contributed by atoms with Crippen LogP contribution in [0.15, 0.2) is 41.4 Å². The number of nitrogens with zero attached hydrogens (tertiary/aromatic N) is 1. The van der Waals surface area contributed by atoms with E-state index in [-0.39, 0.29) is 28.8 Å². The molecule has 0 aromatic heterocycles. The van der Waals surface area contributed by atoms with Crippen molar-refractivity contribution in [1.82, 2.24) is 0 Å². The molecule has 0 saturated carbocycles. The van der Waals surface area contributed by atoms with E-state index in [2.05, 4.69) is 4.99 Å². The summed E-state index contributed by atoms with van der Waals surface area (Å²) in [6, 6.07) is 10.6. The topological polar surface area (TPSA) is 41.8 Å². The van der Waals surface area contributed by atoms with Crippen molar-refractivity contribution in [3.05, 3.63) is 62.6 Å². The fraction of sp³-hybridized carbons (Fsp3) is 0.235. The molecule has 2 aliphatic rings. The fourth-order valence-corrected chi connectivity index (χ4v) is 4.95. The Morgan fingerprint density at radius 1 is 1.16 bits per heavy atom. The summed E-state index contributed by atoms with van der Waals surface area (Å²) in [6.45, 7) is 0.258. The lowest BCUT2D eigenvalue weighted by molar-refractivity contribution is 0.0577. The molecule has 4 rings (SSSR count). The normalized spacial score (nSPS) is 23.5. The quantitative estimate of drug-likeness (QED) is 0.628. The summed E-state index contributed by atoms with van der Waals surface area (Å²) >= 11 is 19.5. The first-order chi connectivity index (χ1) is 11.5. The summed E-state index contributed by atoms with van der Waals surface area (Å²) in [5, 5.41) is 13.4. The molecule has 2 aromatic carbocycles. The predicted molar refractivity (Wildman–Crippen MR) is 110 cm³/mol. The second-order valence-corrected chi connectivity index (χ2v) is 8.26. The Bertz CT molecular complexity index is 864. The number of benzene rings is 2. The molecule has 25 heavy (non-hydrogen) atoms. The van der Waals surface area contributed by atoms with E-state index in [0.717, 1.165) is 22.6 Å². The van der Waals surface area contributed by atoms with Gasteiger partial charge in [0.15, 0.2) is 5.72 Å². The zero-order valence-corrected chi connectivity index (χ0v) is 17.5. The van der Waals surface area contributed by atoms with Gasteiger partial charge in [-0.1, -0.05) is 52.6 Å². The second kappa shape index (κ2) is 7.29. The van der Waals surface area contributed by atoms with Gasteiger partial charge in [-0.05, 0) is 42.3 Å². The summed E-state index contributed by atoms with van der Waals surface area (Å²) in [5.74, 6) is 0.542. The van der Waals surface area contributed by atoms with Crippen LogP contribution in [0.1, 0.15) is 11.1 Å². The maximum absolute atomic E-state index is 11.0. The van der Waals surface area contributed by atoms with Crippen LogP contribution < -0.4 is 4.74 Å². The average molecular weight is 482 g/mol. The van der Waals surface area contributed by atoms with E-state index < -0.39 is 5.72 Å². The van der Waals surface area contributed by atoms with Gasteiger partial charge >= 0.3 is 0 Å². The van der Waals surface area contributed by atoms with Gasteiger partial charge in [0.1, 0.15) is 17.4 Å². The fourth-order valence-electron chi connectivity index (χ4n) is 3.04. The van der Waals surface area contributed by atoms with Gasteiger partial charge in [0.05, 0.1) is 10.3 Å². The highest BCUT2D eigenvalue weighted by Crippen LogP contribution is 2.49. The molecule has 0 fully saturated rings. The summed E-state index contributed by atoms with van der Waals surface area (Å²) in [7, 11) is 0. The van der Waals surface area contributed by atoms with E-state index >= 15 is 0 Å². The molecule has 0 spiro atoms. The van der Waals surface area contributed by atoms with Gasteiger partial charge in [0, 0.05) is 15.6 Å². The molecule has 0 amide bonds. The number of aliphatic hydroxyl groups is 1. The molecule has 1 N–H and O–H groups in total. The Hall–Kier alpha value is -0.430. The molecule has 1 aliphatic carbocycles. The van der Waals surface area contributed by atoms with Gasteiger partial charge in [0.2, 0.25) is 0 Å². The third-order valence-corrected chi connectivity index (χ3v) is 6.16. The average Bonchev–Trinajstić information content (AvgIpc) is 2.95. The maximum atomic E-state index is 11.0. The Kier molecular flexibility index (Phi) is 5.64. The minimum Gasteiger partial charge on any atom is -0.485 e. The van der Waals surface area contributed by atoms with E-state index in [0.29, 0.717) is 20.8 Å². The number of rotatable bonds is 3. The van der Waals surface area contributed by atoms with Crippen molar-refractivity contribution in [2.45, 2.75) is 17.4 Å². The number of aliphatic imine (C=N–C) groups is 1. The lowest BCUT2D eigenvalue weighted by Crippen LogP contribution is -2.27. The molecule has 0 radical (unpaired) electrons. The van der Waals surface area contributed by atoms with Crippen molar-refractivity contribution in [2.24, 2.45) is 4.99 Å². The molecule has 2 unspecified atom stereocenters. The Morgan fingerprint density at radius 2 is 1.88 bits per heavy atom. The van der Waals surface area contributed by atoms with Crippen LogP contribution in [0, 0.1) is 0 Å². The number of hydrogen-bond acceptors (Lipinski definition) is 4. The number of hydrogen-bond donors (Lipinski definition) is 1. The van der Waals surface area contributed by atoms with E-state index in [9.17, 15) is 5.11 Å². The van der Waals surface area contributed by atoms with Crippen molar-refractivity contribution in [1.29, 1.82) is 0 Å². The van der Waals surface area contributed by atoms with Gasteiger partial charge < -0.3 is 9.84 Å². The molecular weight excluding hydrogens is 469 g/mol. The van der Waals surface area contributed by atoms with E-state index in [1.54, 1.807) is 24.3 Å². The van der Waals surface area contributed by atoms with Crippen LogP contribution in [0.3, 0.4) is 0 Å². The second-order valence-electron chi connectivity index (χ2n) is 5.71. The molecule has 3 nitrogen and oxygen atoms in total. The Labute approximate surface area is 175 Å². The molecule has 1 aliphatic heterocycles. The number of ether oxygens (including phenoxy) is 1. The lowest BCUT2D eigenvalue weighted by Gasteiger charge is -2.19. The first-order valence-corrected chi connectivity index (χ1v) is 9.31. The minimum absolute atomic E-state index is 0. The number of halogens is 4. The molecular formula is C17H13BrCl3NO2S. The first kappa shape index (κ1) is 19.3. The van der Waals surface area contributed by atoms with E-state index in [4.69, 9.17) is 39.5 Å². The standard InChI is InChI=1S/C17H12Cl3NO2S.BrH/c18-10-1-3-12-9(5-10)6-15-17(12,22)21-16(24-15)8-23-14-4-2-11(19)7-13(14)20;/h1-5,7,15,22H,6,8H2;1H. The Morgan fingerprint density at radius 3 is 2.64 bits per heavy atom. The van der Waals surface area contributed by atoms with Gasteiger partial charge in [0.25, 0.3) is 0 Å². The molecule has 1 heterocycles. The molecule has 132 valence electrons. The molecule has 2 aromatic rings. The van der Waals surface area contributed by atoms with Gasteiger partial charge in [-0.3, -0.25) is 0 Å². The van der Waals surface area contributed by atoms with Crippen molar-refractivity contribution < 1.29 is 9.84 Å². The summed E-state index contributed by atoms with van der Waals surface area (Å²) in [6.07, 6.45) is 0.728. The zero-order valence-electron chi connectivity index (χ0n) is 12.7. The number of thioether (sulfide) groups is 1. The van der Waals surface area contributed by atoms with Crippen LogP contribution in [0.25, 0.3) is 0 Å². The van der Waals surface area contributed by atoms with Crippen LogP contribution >= 0.6 is 63.5 Å². The summed E-state index contributed by atoms with van der Waals surface area (Å²) < 4.78 is 5.72. The third-order valence-electron chi connectivity index (χ3n) is 4.14. The predicted octanol–water partition coefficient (Wildman–Crippen LogP) is 5.52. The van der Waals surface area contributed by atoms with Gasteiger partial charge in [-0.15, -0.1) is 17.0 Å². The molecule has 2 atom stereocenters. The first-order valence-electron chi connectivity index (χ1n) is 7.30. The molecule has 8 heteroatoms. The summed E-state index contributed by atoms with van der Waals surface area (Å²) in [5.41, 5.74) is 0.670.